The van der Waals surface area contributed by atoms with Gasteiger partial charge >= 0.3 is 0 Å². The van der Waals surface area contributed by atoms with Gasteiger partial charge in [0.1, 0.15) is 4.21 Å². The summed E-state index contributed by atoms with van der Waals surface area (Å²) in [6.07, 6.45) is 0. The highest BCUT2D eigenvalue weighted by molar-refractivity contribution is 9.11. The molecule has 4 nitrogen and oxygen atoms in total. The van der Waals surface area contributed by atoms with Crippen molar-refractivity contribution in [3.05, 3.63) is 38.6 Å². The quantitative estimate of drug-likeness (QED) is 0.817. The van der Waals surface area contributed by atoms with E-state index in [1.807, 2.05) is 25.9 Å². The molecule has 1 aromatic carbocycles. The second kappa shape index (κ2) is 6.16. The van der Waals surface area contributed by atoms with Crippen molar-refractivity contribution in [1.29, 1.82) is 0 Å². The molecule has 1 N–H and O–H groups in total. The van der Waals surface area contributed by atoms with E-state index in [0.717, 1.165) is 15.0 Å². The number of thiophene rings is 1. The van der Waals surface area contributed by atoms with Crippen LogP contribution in [0.2, 0.25) is 5.02 Å². The molecule has 114 valence electrons. The van der Waals surface area contributed by atoms with Crippen molar-refractivity contribution < 1.29 is 8.42 Å². The van der Waals surface area contributed by atoms with Gasteiger partial charge in [-0.15, -0.1) is 11.3 Å². The lowest BCUT2D eigenvalue weighted by atomic mass is 10.3. The summed E-state index contributed by atoms with van der Waals surface area (Å²) in [4.78, 5) is 1.86. The largest absolute Gasteiger partial charge is 0.376 e. The SMILES string of the molecule is Cc1cc(S(=O)(=O)Nc2ccc(N(C)C)c(Cl)c2)sc1Br. The van der Waals surface area contributed by atoms with Gasteiger partial charge in [-0.25, -0.2) is 8.42 Å². The summed E-state index contributed by atoms with van der Waals surface area (Å²) in [6.45, 7) is 1.85. The van der Waals surface area contributed by atoms with Crippen LogP contribution in [0.1, 0.15) is 5.56 Å². The smallest absolute Gasteiger partial charge is 0.271 e. The van der Waals surface area contributed by atoms with E-state index in [9.17, 15) is 8.42 Å². The number of halogens is 2. The molecule has 2 aromatic rings. The third-order valence-electron chi connectivity index (χ3n) is 2.78. The van der Waals surface area contributed by atoms with Crippen molar-refractivity contribution in [2.45, 2.75) is 11.1 Å². The lowest BCUT2D eigenvalue weighted by Crippen LogP contribution is -2.12. The number of hydrogen-bond acceptors (Lipinski definition) is 4. The maximum absolute atomic E-state index is 12.3. The molecule has 0 bridgehead atoms. The molecule has 0 saturated heterocycles. The molecule has 0 aliphatic heterocycles. The normalized spacial score (nSPS) is 11.5. The first-order valence-corrected chi connectivity index (χ1v) is 9.43. The minimum absolute atomic E-state index is 0.264. The second-order valence-corrected chi connectivity index (χ2v) is 9.37. The maximum Gasteiger partial charge on any atom is 0.271 e. The predicted octanol–water partition coefficient (Wildman–Crippen LogP) is 4.34. The van der Waals surface area contributed by atoms with Gasteiger partial charge in [0, 0.05) is 14.1 Å². The van der Waals surface area contributed by atoms with Crippen LogP contribution in [0, 0.1) is 6.92 Å². The van der Waals surface area contributed by atoms with Crippen LogP contribution >= 0.6 is 38.9 Å². The number of nitrogens with one attached hydrogen (secondary N) is 1. The summed E-state index contributed by atoms with van der Waals surface area (Å²) >= 11 is 10.7. The van der Waals surface area contributed by atoms with Crippen molar-refractivity contribution in [3.8, 4) is 0 Å². The molecular formula is C13H14BrClN2O2S2. The molecule has 0 aliphatic carbocycles. The molecule has 0 fully saturated rings. The number of sulfonamides is 1. The topological polar surface area (TPSA) is 49.4 Å². The average Bonchev–Trinajstić information content (AvgIpc) is 2.69. The number of rotatable bonds is 4. The van der Waals surface area contributed by atoms with Crippen LogP contribution in [-0.2, 0) is 10.0 Å². The maximum atomic E-state index is 12.3. The standard InChI is InChI=1S/C13H14BrClN2O2S2/c1-8-6-12(20-13(8)14)21(18,19)16-9-4-5-11(17(2)3)10(15)7-9/h4-7,16H,1-3H3. The fraction of sp³-hybridized carbons (Fsp3) is 0.231. The van der Waals surface area contributed by atoms with Crippen LogP contribution < -0.4 is 9.62 Å². The third kappa shape index (κ3) is 3.71. The summed E-state index contributed by atoms with van der Waals surface area (Å²) in [6, 6.07) is 6.70. The van der Waals surface area contributed by atoms with Crippen LogP contribution in [0.5, 0.6) is 0 Å². The summed E-state index contributed by atoms with van der Waals surface area (Å²) in [7, 11) is 0.145. The summed E-state index contributed by atoms with van der Waals surface area (Å²) < 4.78 is 28.3. The average molecular weight is 410 g/mol. The van der Waals surface area contributed by atoms with Crippen LogP contribution in [-0.4, -0.2) is 22.5 Å². The van der Waals surface area contributed by atoms with E-state index in [2.05, 4.69) is 20.7 Å². The highest BCUT2D eigenvalue weighted by atomic mass is 79.9. The summed E-state index contributed by atoms with van der Waals surface area (Å²) in [5.74, 6) is 0. The molecule has 0 unspecified atom stereocenters. The first kappa shape index (κ1) is 16.6. The van der Waals surface area contributed by atoms with Crippen molar-refractivity contribution in [1.82, 2.24) is 0 Å². The van der Waals surface area contributed by atoms with Crippen molar-refractivity contribution in [3.63, 3.8) is 0 Å². The minimum atomic E-state index is -3.60. The third-order valence-corrected chi connectivity index (χ3v) is 7.08. The molecule has 1 heterocycles. The van der Waals surface area contributed by atoms with Gasteiger partial charge in [-0.05, 0) is 52.7 Å². The van der Waals surface area contributed by atoms with Gasteiger partial charge in [0.2, 0.25) is 0 Å². The lowest BCUT2D eigenvalue weighted by molar-refractivity contribution is 0.603. The molecule has 0 saturated carbocycles. The molecule has 2 rings (SSSR count). The van der Waals surface area contributed by atoms with Gasteiger partial charge in [0.25, 0.3) is 10.0 Å². The van der Waals surface area contributed by atoms with Gasteiger partial charge < -0.3 is 4.90 Å². The van der Waals surface area contributed by atoms with Crippen LogP contribution in [0.4, 0.5) is 11.4 Å². The van der Waals surface area contributed by atoms with Gasteiger partial charge in [-0.2, -0.15) is 0 Å². The Morgan fingerprint density at radius 2 is 1.95 bits per heavy atom. The van der Waals surface area contributed by atoms with Crippen LogP contribution in [0.3, 0.4) is 0 Å². The van der Waals surface area contributed by atoms with E-state index in [1.54, 1.807) is 24.3 Å². The first-order valence-electron chi connectivity index (χ1n) is 5.96. The zero-order valence-corrected chi connectivity index (χ0v) is 15.6. The van der Waals surface area contributed by atoms with E-state index in [4.69, 9.17) is 11.6 Å². The van der Waals surface area contributed by atoms with E-state index in [1.165, 1.54) is 11.3 Å². The van der Waals surface area contributed by atoms with E-state index in [-0.39, 0.29) is 4.21 Å². The molecule has 0 atom stereocenters. The summed E-state index contributed by atoms with van der Waals surface area (Å²) in [5.41, 5.74) is 2.16. The Labute approximate surface area is 141 Å². The van der Waals surface area contributed by atoms with E-state index >= 15 is 0 Å². The van der Waals surface area contributed by atoms with Gasteiger partial charge in [-0.3, -0.25) is 4.72 Å². The zero-order valence-electron chi connectivity index (χ0n) is 11.6. The molecule has 1 aromatic heterocycles. The zero-order chi connectivity index (χ0) is 15.8. The molecule has 0 amide bonds. The Hall–Kier alpha value is -0.760. The number of hydrogen-bond donors (Lipinski definition) is 1. The number of nitrogens with zero attached hydrogens (tertiary/aromatic N) is 1. The van der Waals surface area contributed by atoms with Crippen LogP contribution in [0.25, 0.3) is 0 Å². The number of anilines is 2. The van der Waals surface area contributed by atoms with E-state index < -0.39 is 10.0 Å². The molecule has 0 aliphatic rings. The fourth-order valence-corrected chi connectivity index (χ4v) is 5.33. The van der Waals surface area contributed by atoms with E-state index in [0.29, 0.717) is 10.7 Å². The Morgan fingerprint density at radius 1 is 1.29 bits per heavy atom. The summed E-state index contributed by atoms with van der Waals surface area (Å²) in [5, 5.41) is 0.490. The highest BCUT2D eigenvalue weighted by Gasteiger charge is 2.19. The molecule has 0 radical (unpaired) electrons. The first-order chi connectivity index (χ1) is 9.70. The number of aryl methyl sites for hydroxylation is 1. The molecule has 21 heavy (non-hydrogen) atoms. The molecule has 0 spiro atoms. The fourth-order valence-electron chi connectivity index (χ4n) is 1.70. The van der Waals surface area contributed by atoms with Crippen molar-refractivity contribution in [2.24, 2.45) is 0 Å². The Kier molecular flexibility index (Phi) is 4.87. The van der Waals surface area contributed by atoms with Gasteiger partial charge in [0.15, 0.2) is 0 Å². The van der Waals surface area contributed by atoms with Crippen molar-refractivity contribution in [2.75, 3.05) is 23.7 Å². The Balaban J connectivity index is 2.31. The number of benzene rings is 1. The van der Waals surface area contributed by atoms with Gasteiger partial charge in [0.05, 0.1) is 20.2 Å². The minimum Gasteiger partial charge on any atom is -0.376 e. The second-order valence-electron chi connectivity index (χ2n) is 4.69. The highest BCUT2D eigenvalue weighted by Crippen LogP contribution is 2.33. The Bertz CT molecular complexity index is 753. The van der Waals surface area contributed by atoms with Crippen LogP contribution in [0.15, 0.2) is 32.3 Å². The van der Waals surface area contributed by atoms with Gasteiger partial charge in [-0.1, -0.05) is 11.6 Å². The van der Waals surface area contributed by atoms with Crippen molar-refractivity contribution >= 4 is 60.3 Å². The molecule has 8 heteroatoms. The lowest BCUT2D eigenvalue weighted by Gasteiger charge is -2.15. The predicted molar refractivity (Wildman–Crippen MR) is 93.3 cm³/mol. The molecular weight excluding hydrogens is 396 g/mol. The monoisotopic (exact) mass is 408 g/mol. The Morgan fingerprint density at radius 3 is 2.43 bits per heavy atom.